The molecule has 5 nitrogen and oxygen atoms in total. The van der Waals surface area contributed by atoms with Gasteiger partial charge in [0.15, 0.2) is 17.1 Å². The Balaban J connectivity index is 2.19. The van der Waals surface area contributed by atoms with Crippen molar-refractivity contribution in [1.29, 1.82) is 0 Å². The number of ketones is 1. The Bertz CT molecular complexity index is 675. The van der Waals surface area contributed by atoms with Crippen LogP contribution in [0, 0.1) is 0 Å². The second kappa shape index (κ2) is 7.62. The van der Waals surface area contributed by atoms with E-state index in [0.717, 1.165) is 17.6 Å². The van der Waals surface area contributed by atoms with Crippen molar-refractivity contribution >= 4 is 16.8 Å². The second-order valence-corrected chi connectivity index (χ2v) is 6.00. The van der Waals surface area contributed by atoms with Crippen molar-refractivity contribution in [1.82, 2.24) is 5.32 Å². The lowest BCUT2D eigenvalue weighted by atomic mass is 10.1. The fourth-order valence-corrected chi connectivity index (χ4v) is 2.36. The fraction of sp³-hybridized carbons (Fsp3) is 0.500. The van der Waals surface area contributed by atoms with Gasteiger partial charge in [-0.05, 0) is 25.1 Å². The minimum atomic E-state index is -0.611. The standard InChI is InChI=1S/C18H25NO4/c1-5-14-8-16-15(12(4)20)6-7-17(18(16)23-14)22-10-13(21)9-19-11(2)3/h6-8,11,13,19,21H,5,9-10H2,1-4H3. The maximum absolute atomic E-state index is 11.8. The number of Topliss-reactive ketones (excluding diaryl/α,β-unsaturated/α-hetero) is 1. The molecule has 0 bridgehead atoms. The maximum atomic E-state index is 11.8. The molecule has 126 valence electrons. The number of carbonyl (C=O) groups excluding carboxylic acids is 1. The van der Waals surface area contributed by atoms with Crippen LogP contribution < -0.4 is 10.1 Å². The van der Waals surface area contributed by atoms with E-state index in [1.54, 1.807) is 12.1 Å². The molecular weight excluding hydrogens is 294 g/mol. The Morgan fingerprint density at radius 3 is 2.74 bits per heavy atom. The first kappa shape index (κ1) is 17.5. The summed E-state index contributed by atoms with van der Waals surface area (Å²) < 4.78 is 11.5. The van der Waals surface area contributed by atoms with Crippen LogP contribution in [0.25, 0.3) is 11.0 Å². The normalized spacial score (nSPS) is 12.8. The van der Waals surface area contributed by atoms with Crippen LogP contribution in [0.1, 0.15) is 43.8 Å². The predicted molar refractivity (Wildman–Crippen MR) is 90.2 cm³/mol. The molecule has 1 heterocycles. The van der Waals surface area contributed by atoms with Crippen LogP contribution in [-0.4, -0.2) is 36.2 Å². The smallest absolute Gasteiger partial charge is 0.176 e. The van der Waals surface area contributed by atoms with Gasteiger partial charge in [-0.15, -0.1) is 0 Å². The summed E-state index contributed by atoms with van der Waals surface area (Å²) in [5, 5.41) is 13.9. The monoisotopic (exact) mass is 319 g/mol. The molecule has 2 rings (SSSR count). The quantitative estimate of drug-likeness (QED) is 0.732. The molecule has 0 fully saturated rings. The molecule has 1 atom stereocenters. The highest BCUT2D eigenvalue weighted by molar-refractivity contribution is 6.07. The number of carbonyl (C=O) groups is 1. The van der Waals surface area contributed by atoms with Crippen molar-refractivity contribution in [3.8, 4) is 5.75 Å². The number of rotatable bonds is 8. The third-order valence-electron chi connectivity index (χ3n) is 3.62. The number of aryl methyl sites for hydroxylation is 1. The van der Waals surface area contributed by atoms with Crippen LogP contribution >= 0.6 is 0 Å². The third kappa shape index (κ3) is 4.33. The van der Waals surface area contributed by atoms with Crippen LogP contribution in [0.4, 0.5) is 0 Å². The zero-order valence-electron chi connectivity index (χ0n) is 14.2. The summed E-state index contributed by atoms with van der Waals surface area (Å²) in [7, 11) is 0. The lowest BCUT2D eigenvalue weighted by molar-refractivity contribution is 0.101. The summed E-state index contributed by atoms with van der Waals surface area (Å²) in [6, 6.07) is 5.66. The molecule has 0 aliphatic carbocycles. The van der Waals surface area contributed by atoms with E-state index < -0.39 is 6.10 Å². The van der Waals surface area contributed by atoms with E-state index in [2.05, 4.69) is 5.32 Å². The van der Waals surface area contributed by atoms with Crippen molar-refractivity contribution in [2.45, 2.75) is 46.3 Å². The molecular formula is C18H25NO4. The molecule has 0 amide bonds. The number of hydrogen-bond acceptors (Lipinski definition) is 5. The van der Waals surface area contributed by atoms with Gasteiger partial charge in [0.25, 0.3) is 0 Å². The van der Waals surface area contributed by atoms with Crippen molar-refractivity contribution in [3.05, 3.63) is 29.5 Å². The van der Waals surface area contributed by atoms with Crippen molar-refractivity contribution in [2.24, 2.45) is 0 Å². The second-order valence-electron chi connectivity index (χ2n) is 6.00. The van der Waals surface area contributed by atoms with Crippen LogP contribution in [0.15, 0.2) is 22.6 Å². The van der Waals surface area contributed by atoms with Crippen LogP contribution in [-0.2, 0) is 6.42 Å². The van der Waals surface area contributed by atoms with E-state index in [-0.39, 0.29) is 12.4 Å². The van der Waals surface area contributed by atoms with Gasteiger partial charge in [0.05, 0.1) is 0 Å². The first-order valence-electron chi connectivity index (χ1n) is 8.03. The average Bonchev–Trinajstić information content (AvgIpc) is 2.94. The first-order valence-corrected chi connectivity index (χ1v) is 8.03. The Morgan fingerprint density at radius 1 is 1.39 bits per heavy atom. The van der Waals surface area contributed by atoms with E-state index in [4.69, 9.17) is 9.15 Å². The Morgan fingerprint density at radius 2 is 2.13 bits per heavy atom. The number of fused-ring (bicyclic) bond motifs is 1. The number of furan rings is 1. The Hall–Kier alpha value is -1.85. The Labute approximate surface area is 136 Å². The molecule has 1 aromatic carbocycles. The van der Waals surface area contributed by atoms with E-state index in [9.17, 15) is 9.90 Å². The van der Waals surface area contributed by atoms with Crippen molar-refractivity contribution in [3.63, 3.8) is 0 Å². The molecule has 0 saturated heterocycles. The lowest BCUT2D eigenvalue weighted by Crippen LogP contribution is -2.35. The van der Waals surface area contributed by atoms with Crippen LogP contribution in [0.5, 0.6) is 5.75 Å². The minimum Gasteiger partial charge on any atom is -0.487 e. The highest BCUT2D eigenvalue weighted by atomic mass is 16.5. The Kier molecular flexibility index (Phi) is 5.80. The molecule has 1 unspecified atom stereocenters. The molecule has 0 spiro atoms. The summed E-state index contributed by atoms with van der Waals surface area (Å²) in [5.74, 6) is 1.35. The number of aliphatic hydroxyl groups is 1. The number of hydrogen-bond donors (Lipinski definition) is 2. The maximum Gasteiger partial charge on any atom is 0.176 e. The van der Waals surface area contributed by atoms with Gasteiger partial charge in [0.2, 0.25) is 0 Å². The molecule has 0 aliphatic heterocycles. The summed E-state index contributed by atoms with van der Waals surface area (Å²) in [5.41, 5.74) is 1.19. The largest absolute Gasteiger partial charge is 0.487 e. The number of nitrogens with one attached hydrogen (secondary N) is 1. The summed E-state index contributed by atoms with van der Waals surface area (Å²) in [6.45, 7) is 8.20. The SMILES string of the molecule is CCc1cc2c(C(C)=O)ccc(OCC(O)CNC(C)C)c2o1. The zero-order valence-corrected chi connectivity index (χ0v) is 14.2. The third-order valence-corrected chi connectivity index (χ3v) is 3.62. The van der Waals surface area contributed by atoms with Gasteiger partial charge >= 0.3 is 0 Å². The molecule has 0 radical (unpaired) electrons. The topological polar surface area (TPSA) is 71.7 Å². The van der Waals surface area contributed by atoms with Gasteiger partial charge in [-0.3, -0.25) is 4.79 Å². The van der Waals surface area contributed by atoms with Gasteiger partial charge < -0.3 is 19.6 Å². The highest BCUT2D eigenvalue weighted by Crippen LogP contribution is 2.32. The minimum absolute atomic E-state index is 0.00817. The van der Waals surface area contributed by atoms with Gasteiger partial charge in [0, 0.05) is 30.0 Å². The number of aliphatic hydroxyl groups excluding tert-OH is 1. The van der Waals surface area contributed by atoms with Gasteiger partial charge in [-0.25, -0.2) is 0 Å². The molecule has 5 heteroatoms. The predicted octanol–water partition coefficient (Wildman–Crippen LogP) is 2.94. The summed E-state index contributed by atoms with van der Waals surface area (Å²) >= 11 is 0. The average molecular weight is 319 g/mol. The number of ether oxygens (including phenoxy) is 1. The zero-order chi connectivity index (χ0) is 17.0. The molecule has 2 aromatic rings. The molecule has 0 aliphatic rings. The molecule has 0 saturated carbocycles. The van der Waals surface area contributed by atoms with Crippen LogP contribution in [0.3, 0.4) is 0 Å². The van der Waals surface area contributed by atoms with E-state index >= 15 is 0 Å². The number of benzene rings is 1. The summed E-state index contributed by atoms with van der Waals surface area (Å²) in [4.78, 5) is 11.8. The van der Waals surface area contributed by atoms with E-state index in [0.29, 0.717) is 29.5 Å². The molecule has 1 aromatic heterocycles. The van der Waals surface area contributed by atoms with Crippen molar-refractivity contribution < 1.29 is 19.1 Å². The van der Waals surface area contributed by atoms with Gasteiger partial charge in [-0.1, -0.05) is 20.8 Å². The van der Waals surface area contributed by atoms with E-state index in [1.165, 1.54) is 6.92 Å². The molecule has 23 heavy (non-hydrogen) atoms. The first-order chi connectivity index (χ1) is 10.9. The highest BCUT2D eigenvalue weighted by Gasteiger charge is 2.16. The van der Waals surface area contributed by atoms with E-state index in [1.807, 2.05) is 26.8 Å². The molecule has 2 N–H and O–H groups in total. The summed E-state index contributed by atoms with van der Waals surface area (Å²) in [6.07, 6.45) is 0.132. The van der Waals surface area contributed by atoms with Crippen molar-refractivity contribution in [2.75, 3.05) is 13.2 Å². The fourth-order valence-electron chi connectivity index (χ4n) is 2.36. The van der Waals surface area contributed by atoms with Crippen LogP contribution in [0.2, 0.25) is 0 Å². The lowest BCUT2D eigenvalue weighted by Gasteiger charge is -2.15. The van der Waals surface area contributed by atoms with Gasteiger partial charge in [-0.2, -0.15) is 0 Å². The van der Waals surface area contributed by atoms with Gasteiger partial charge in [0.1, 0.15) is 18.5 Å².